The molecular formula is C22H26F2O5. The molecule has 0 aliphatic heterocycles. The van der Waals surface area contributed by atoms with Crippen LogP contribution in [0.3, 0.4) is 0 Å². The first kappa shape index (κ1) is 20.6. The van der Waals surface area contributed by atoms with Crippen LogP contribution in [0, 0.1) is 28.6 Å². The summed E-state index contributed by atoms with van der Waals surface area (Å²) in [6.45, 7) is 3.86. The van der Waals surface area contributed by atoms with Gasteiger partial charge in [0.1, 0.15) is 18.0 Å². The van der Waals surface area contributed by atoms with Crippen molar-refractivity contribution < 1.29 is 33.7 Å². The Bertz CT molecular complexity index is 894. The van der Waals surface area contributed by atoms with E-state index in [1.54, 1.807) is 13.8 Å². The number of rotatable bonds is 2. The number of fused-ring (bicyclic) bond motifs is 5. The van der Waals surface area contributed by atoms with Gasteiger partial charge in [-0.1, -0.05) is 19.9 Å². The van der Waals surface area contributed by atoms with Crippen LogP contribution in [0.1, 0.15) is 33.6 Å². The highest BCUT2D eigenvalue weighted by atomic mass is 19.1. The summed E-state index contributed by atoms with van der Waals surface area (Å²) in [5.74, 6) is -4.30. The molecule has 2 fully saturated rings. The molecule has 4 rings (SSSR count). The highest BCUT2D eigenvalue weighted by molar-refractivity contribution is 6.02. The van der Waals surface area contributed by atoms with Crippen molar-refractivity contribution in [2.45, 2.75) is 51.0 Å². The monoisotopic (exact) mass is 408 g/mol. The molecule has 2 saturated carbocycles. The molecule has 0 amide bonds. The molecule has 158 valence electrons. The van der Waals surface area contributed by atoms with Gasteiger partial charge in [-0.15, -0.1) is 0 Å². The Morgan fingerprint density at radius 1 is 1.34 bits per heavy atom. The summed E-state index contributed by atoms with van der Waals surface area (Å²) in [6.07, 6.45) is 3.07. The first-order valence-electron chi connectivity index (χ1n) is 9.94. The van der Waals surface area contributed by atoms with Crippen LogP contribution in [0.5, 0.6) is 0 Å². The number of carbonyl (C=O) groups is 2. The number of aliphatic hydroxyl groups excluding tert-OH is 2. The van der Waals surface area contributed by atoms with Crippen LogP contribution >= 0.6 is 0 Å². The van der Waals surface area contributed by atoms with Crippen LogP contribution in [0.25, 0.3) is 0 Å². The zero-order chi connectivity index (χ0) is 21.6. The fourth-order valence-electron chi connectivity index (χ4n) is 6.79. The predicted molar refractivity (Wildman–Crippen MR) is 99.9 cm³/mol. The third-order valence-corrected chi connectivity index (χ3v) is 8.41. The number of hydrogen-bond donors (Lipinski definition) is 3. The van der Waals surface area contributed by atoms with E-state index in [9.17, 15) is 24.9 Å². The van der Waals surface area contributed by atoms with Crippen LogP contribution in [0.4, 0.5) is 8.78 Å². The Kier molecular flexibility index (Phi) is 4.20. The van der Waals surface area contributed by atoms with E-state index in [1.165, 1.54) is 19.1 Å². The minimum Gasteiger partial charge on any atom is -0.390 e. The molecule has 0 aromatic carbocycles. The summed E-state index contributed by atoms with van der Waals surface area (Å²) < 4.78 is 31.9. The van der Waals surface area contributed by atoms with Crippen LogP contribution < -0.4 is 0 Å². The van der Waals surface area contributed by atoms with Gasteiger partial charge in [-0.25, -0.2) is 8.78 Å². The standard InChI is InChI=1S/C22H26F2O5/c1-11-6-13-14-8-16(23)15-7-12(26)4-5-19(15,2)21(14,24)17(27)9-20(13,3)22(11,29)18(28)10-25/h4-5,7-8,11,13-14,17,25,27,29H,6,9-10H2,1-3H3/t11-,13+,14+,17+,19+,20+,21+,22+/m1/s1. The normalized spacial score (nSPS) is 51.0. The number of halogens is 2. The van der Waals surface area contributed by atoms with Crippen molar-refractivity contribution in [3.63, 3.8) is 0 Å². The number of aliphatic hydroxyl groups is 3. The van der Waals surface area contributed by atoms with Gasteiger partial charge < -0.3 is 15.3 Å². The van der Waals surface area contributed by atoms with Crippen molar-refractivity contribution in [2.24, 2.45) is 28.6 Å². The summed E-state index contributed by atoms with van der Waals surface area (Å²) >= 11 is 0. The van der Waals surface area contributed by atoms with Gasteiger partial charge in [-0.3, -0.25) is 9.59 Å². The molecule has 0 bridgehead atoms. The summed E-state index contributed by atoms with van der Waals surface area (Å²) in [5.41, 5.74) is -7.17. The van der Waals surface area contributed by atoms with Crippen molar-refractivity contribution in [1.82, 2.24) is 0 Å². The van der Waals surface area contributed by atoms with E-state index in [4.69, 9.17) is 0 Å². The quantitative estimate of drug-likeness (QED) is 0.650. The largest absolute Gasteiger partial charge is 0.390 e. The van der Waals surface area contributed by atoms with Gasteiger partial charge in [0.15, 0.2) is 17.2 Å². The van der Waals surface area contributed by atoms with Crippen LogP contribution in [-0.2, 0) is 9.59 Å². The molecule has 0 heterocycles. The maximum absolute atomic E-state index is 16.8. The van der Waals surface area contributed by atoms with Gasteiger partial charge in [0.05, 0.1) is 11.5 Å². The zero-order valence-electron chi connectivity index (χ0n) is 16.7. The van der Waals surface area contributed by atoms with E-state index in [-0.39, 0.29) is 18.4 Å². The number of alkyl halides is 1. The maximum atomic E-state index is 16.8. The molecule has 0 unspecified atom stereocenters. The second-order valence-corrected chi connectivity index (χ2v) is 9.53. The van der Waals surface area contributed by atoms with Crippen LogP contribution in [0.15, 0.2) is 35.7 Å². The van der Waals surface area contributed by atoms with Gasteiger partial charge in [0.25, 0.3) is 0 Å². The van der Waals surface area contributed by atoms with Gasteiger partial charge >= 0.3 is 0 Å². The molecule has 7 heteroatoms. The van der Waals surface area contributed by atoms with Crippen molar-refractivity contribution in [3.8, 4) is 0 Å². The molecule has 0 spiro atoms. The van der Waals surface area contributed by atoms with E-state index in [0.29, 0.717) is 0 Å². The Morgan fingerprint density at radius 3 is 2.62 bits per heavy atom. The van der Waals surface area contributed by atoms with Crippen molar-refractivity contribution in [2.75, 3.05) is 6.61 Å². The van der Waals surface area contributed by atoms with Crippen LogP contribution in [-0.4, -0.2) is 50.9 Å². The number of carbonyl (C=O) groups excluding carboxylic acids is 2. The molecule has 5 nitrogen and oxygen atoms in total. The third-order valence-electron chi connectivity index (χ3n) is 8.41. The second-order valence-electron chi connectivity index (χ2n) is 9.53. The van der Waals surface area contributed by atoms with Crippen molar-refractivity contribution >= 4 is 11.6 Å². The molecular weight excluding hydrogens is 382 g/mol. The molecule has 0 radical (unpaired) electrons. The highest BCUT2D eigenvalue weighted by Crippen LogP contribution is 2.70. The first-order chi connectivity index (χ1) is 13.4. The fraction of sp³-hybridized carbons (Fsp3) is 0.636. The van der Waals surface area contributed by atoms with E-state index < -0.39 is 70.0 Å². The number of hydrogen-bond acceptors (Lipinski definition) is 5. The Labute approximate surface area is 167 Å². The Hall–Kier alpha value is -1.70. The molecule has 0 aromatic heterocycles. The molecule has 0 saturated heterocycles. The summed E-state index contributed by atoms with van der Waals surface area (Å²) in [6, 6.07) is 0. The molecule has 0 aromatic rings. The van der Waals surface area contributed by atoms with E-state index in [2.05, 4.69) is 0 Å². The minimum absolute atomic E-state index is 0.0980. The minimum atomic E-state index is -2.32. The maximum Gasteiger partial charge on any atom is 0.190 e. The third kappa shape index (κ3) is 2.13. The van der Waals surface area contributed by atoms with Crippen molar-refractivity contribution in [3.05, 3.63) is 35.7 Å². The van der Waals surface area contributed by atoms with Gasteiger partial charge in [0, 0.05) is 16.9 Å². The SMILES string of the molecule is C[C@@H]1C[C@H]2[C@@H]3C=C(F)C4=CC(=O)C=C[C@]4(C)[C@@]3(F)[C@@H](O)C[C@]2(C)[C@@]1(O)C(=O)CO. The lowest BCUT2D eigenvalue weighted by molar-refractivity contribution is -0.206. The summed E-state index contributed by atoms with van der Waals surface area (Å²) in [5, 5.41) is 31.8. The summed E-state index contributed by atoms with van der Waals surface area (Å²) in [7, 11) is 0. The van der Waals surface area contributed by atoms with E-state index in [0.717, 1.165) is 12.2 Å². The molecule has 8 atom stereocenters. The number of ketones is 2. The smallest absolute Gasteiger partial charge is 0.190 e. The Morgan fingerprint density at radius 2 is 2.00 bits per heavy atom. The fourth-order valence-corrected chi connectivity index (χ4v) is 6.79. The van der Waals surface area contributed by atoms with Gasteiger partial charge in [-0.05, 0) is 49.8 Å². The lowest BCUT2D eigenvalue weighted by Gasteiger charge is -2.61. The zero-order valence-corrected chi connectivity index (χ0v) is 16.7. The second kappa shape index (κ2) is 5.93. The van der Waals surface area contributed by atoms with Gasteiger partial charge in [-0.2, -0.15) is 0 Å². The number of Topliss-reactive ketones (excluding diaryl/α,β-unsaturated/α-hetero) is 1. The average Bonchev–Trinajstić information content (AvgIpc) is 2.86. The first-order valence-corrected chi connectivity index (χ1v) is 9.94. The average molecular weight is 408 g/mol. The van der Waals surface area contributed by atoms with Gasteiger partial charge in [0.2, 0.25) is 0 Å². The molecule has 4 aliphatic carbocycles. The molecule has 3 N–H and O–H groups in total. The summed E-state index contributed by atoms with van der Waals surface area (Å²) in [4.78, 5) is 24.3. The predicted octanol–water partition coefficient (Wildman–Crippen LogP) is 1.97. The lowest BCUT2D eigenvalue weighted by atomic mass is 9.46. The number of allylic oxidation sites excluding steroid dienone is 6. The van der Waals surface area contributed by atoms with E-state index >= 15 is 8.78 Å². The van der Waals surface area contributed by atoms with E-state index in [1.807, 2.05) is 0 Å². The molecule has 4 aliphatic rings. The Balaban J connectivity index is 1.93. The topological polar surface area (TPSA) is 94.8 Å². The van der Waals surface area contributed by atoms with Crippen molar-refractivity contribution in [1.29, 1.82) is 0 Å². The van der Waals surface area contributed by atoms with Crippen LogP contribution in [0.2, 0.25) is 0 Å². The lowest BCUT2D eigenvalue weighted by Crippen LogP contribution is -2.69. The molecule has 29 heavy (non-hydrogen) atoms. The highest BCUT2D eigenvalue weighted by Gasteiger charge is 2.75.